The number of thiocarbonyl (C=S) groups is 1. The van der Waals surface area contributed by atoms with Gasteiger partial charge in [-0.15, -0.1) is 0 Å². The molecule has 1 fully saturated rings. The summed E-state index contributed by atoms with van der Waals surface area (Å²) in [5.74, 6) is 0. The first-order valence-electron chi connectivity index (χ1n) is 8.95. The maximum absolute atomic E-state index is 5.60. The minimum absolute atomic E-state index is 0.125. The molecule has 2 aromatic rings. The SMILES string of the molecule is Cc1cccc(CCC2(NC(=S)Nc3cccc(Br)c3)CCCC2)c1. The minimum atomic E-state index is 0.125. The highest BCUT2D eigenvalue weighted by molar-refractivity contribution is 9.10. The van der Waals surface area contributed by atoms with Gasteiger partial charge >= 0.3 is 0 Å². The van der Waals surface area contributed by atoms with Crippen molar-refractivity contribution >= 4 is 38.9 Å². The lowest BCUT2D eigenvalue weighted by Crippen LogP contribution is -2.48. The molecule has 0 bridgehead atoms. The van der Waals surface area contributed by atoms with Crippen molar-refractivity contribution in [2.75, 3.05) is 5.32 Å². The summed E-state index contributed by atoms with van der Waals surface area (Å²) < 4.78 is 1.05. The fourth-order valence-corrected chi connectivity index (χ4v) is 4.44. The quantitative estimate of drug-likeness (QED) is 0.585. The lowest BCUT2D eigenvalue weighted by molar-refractivity contribution is 0.362. The smallest absolute Gasteiger partial charge is 0.171 e. The molecule has 0 amide bonds. The van der Waals surface area contributed by atoms with E-state index in [1.807, 2.05) is 24.3 Å². The van der Waals surface area contributed by atoms with E-state index in [1.54, 1.807) is 0 Å². The van der Waals surface area contributed by atoms with Gasteiger partial charge in [-0.05, 0) is 68.6 Å². The van der Waals surface area contributed by atoms with Crippen LogP contribution in [0.3, 0.4) is 0 Å². The molecule has 0 heterocycles. The van der Waals surface area contributed by atoms with E-state index in [1.165, 1.54) is 36.8 Å². The number of anilines is 1. The van der Waals surface area contributed by atoms with Crippen LogP contribution in [0.4, 0.5) is 5.69 Å². The molecule has 0 saturated heterocycles. The van der Waals surface area contributed by atoms with E-state index in [-0.39, 0.29) is 5.54 Å². The van der Waals surface area contributed by atoms with Crippen LogP contribution in [0, 0.1) is 6.92 Å². The number of benzene rings is 2. The molecule has 2 nitrogen and oxygen atoms in total. The Bertz CT molecular complexity index is 738. The van der Waals surface area contributed by atoms with E-state index >= 15 is 0 Å². The molecular weight excluding hydrogens is 392 g/mol. The van der Waals surface area contributed by atoms with Gasteiger partial charge in [0.15, 0.2) is 5.11 Å². The molecule has 2 aromatic carbocycles. The number of hydrogen-bond donors (Lipinski definition) is 2. The Labute approximate surface area is 164 Å². The second kappa shape index (κ2) is 8.33. The lowest BCUT2D eigenvalue weighted by atomic mass is 9.89. The third-order valence-electron chi connectivity index (χ3n) is 5.00. The van der Waals surface area contributed by atoms with Gasteiger partial charge in [0, 0.05) is 15.7 Å². The van der Waals surface area contributed by atoms with Crippen LogP contribution < -0.4 is 10.6 Å². The van der Waals surface area contributed by atoms with Crippen molar-refractivity contribution in [1.82, 2.24) is 5.32 Å². The predicted molar refractivity (Wildman–Crippen MR) is 114 cm³/mol. The van der Waals surface area contributed by atoms with Gasteiger partial charge in [0.2, 0.25) is 0 Å². The van der Waals surface area contributed by atoms with Crippen molar-refractivity contribution in [3.8, 4) is 0 Å². The molecular formula is C21H25BrN2S. The van der Waals surface area contributed by atoms with Crippen LogP contribution in [-0.2, 0) is 6.42 Å². The Balaban J connectivity index is 1.62. The average Bonchev–Trinajstić information content (AvgIpc) is 3.02. The third kappa shape index (κ3) is 5.29. The van der Waals surface area contributed by atoms with E-state index in [9.17, 15) is 0 Å². The molecule has 0 atom stereocenters. The fourth-order valence-electron chi connectivity index (χ4n) is 3.71. The number of rotatable bonds is 5. The zero-order chi connectivity index (χ0) is 17.7. The molecule has 0 aromatic heterocycles. The van der Waals surface area contributed by atoms with Crippen molar-refractivity contribution in [3.05, 3.63) is 64.1 Å². The van der Waals surface area contributed by atoms with Gasteiger partial charge in [-0.25, -0.2) is 0 Å². The van der Waals surface area contributed by atoms with Crippen LogP contribution in [-0.4, -0.2) is 10.7 Å². The Hall–Kier alpha value is -1.39. The highest BCUT2D eigenvalue weighted by atomic mass is 79.9. The molecule has 0 unspecified atom stereocenters. The number of aryl methyl sites for hydroxylation is 2. The fraction of sp³-hybridized carbons (Fsp3) is 0.381. The first-order chi connectivity index (χ1) is 12.0. The van der Waals surface area contributed by atoms with Crippen LogP contribution in [0.5, 0.6) is 0 Å². The number of hydrogen-bond acceptors (Lipinski definition) is 1. The summed E-state index contributed by atoms with van der Waals surface area (Å²) in [6, 6.07) is 16.9. The van der Waals surface area contributed by atoms with Gasteiger partial charge in [0.05, 0.1) is 0 Å². The van der Waals surface area contributed by atoms with E-state index in [0.717, 1.165) is 28.1 Å². The molecule has 1 aliphatic rings. The summed E-state index contributed by atoms with van der Waals surface area (Å²) in [6.07, 6.45) is 7.16. The van der Waals surface area contributed by atoms with Crippen LogP contribution in [0.1, 0.15) is 43.2 Å². The van der Waals surface area contributed by atoms with E-state index in [0.29, 0.717) is 0 Å². The van der Waals surface area contributed by atoms with E-state index in [2.05, 4.69) is 57.8 Å². The van der Waals surface area contributed by atoms with Gasteiger partial charge in [-0.3, -0.25) is 0 Å². The second-order valence-electron chi connectivity index (χ2n) is 7.07. The second-order valence-corrected chi connectivity index (χ2v) is 8.39. The summed E-state index contributed by atoms with van der Waals surface area (Å²) in [6.45, 7) is 2.16. The summed E-state index contributed by atoms with van der Waals surface area (Å²) in [4.78, 5) is 0. The van der Waals surface area contributed by atoms with Gasteiger partial charge < -0.3 is 10.6 Å². The van der Waals surface area contributed by atoms with Crippen molar-refractivity contribution in [1.29, 1.82) is 0 Å². The molecule has 1 aliphatic carbocycles. The monoisotopic (exact) mass is 416 g/mol. The molecule has 1 saturated carbocycles. The molecule has 25 heavy (non-hydrogen) atoms. The Morgan fingerprint density at radius 1 is 1.12 bits per heavy atom. The first-order valence-corrected chi connectivity index (χ1v) is 10.2. The highest BCUT2D eigenvalue weighted by Gasteiger charge is 2.34. The van der Waals surface area contributed by atoms with Gasteiger partial charge in [0.25, 0.3) is 0 Å². The molecule has 4 heteroatoms. The minimum Gasteiger partial charge on any atom is -0.357 e. The summed E-state index contributed by atoms with van der Waals surface area (Å²) in [5, 5.41) is 7.71. The van der Waals surface area contributed by atoms with Crippen LogP contribution in [0.25, 0.3) is 0 Å². The summed E-state index contributed by atoms with van der Waals surface area (Å²) >= 11 is 9.11. The van der Waals surface area contributed by atoms with Gasteiger partial charge in [0.1, 0.15) is 0 Å². The van der Waals surface area contributed by atoms with Gasteiger partial charge in [-0.2, -0.15) is 0 Å². The lowest BCUT2D eigenvalue weighted by Gasteiger charge is -2.32. The van der Waals surface area contributed by atoms with Crippen LogP contribution in [0.15, 0.2) is 53.0 Å². The van der Waals surface area contributed by atoms with Crippen molar-refractivity contribution in [2.45, 2.75) is 51.0 Å². The summed E-state index contributed by atoms with van der Waals surface area (Å²) in [5.41, 5.74) is 3.88. The molecule has 132 valence electrons. The Kier molecular flexibility index (Phi) is 6.13. The van der Waals surface area contributed by atoms with Crippen LogP contribution in [0.2, 0.25) is 0 Å². The highest BCUT2D eigenvalue weighted by Crippen LogP contribution is 2.34. The Morgan fingerprint density at radius 2 is 1.88 bits per heavy atom. The average molecular weight is 417 g/mol. The maximum Gasteiger partial charge on any atom is 0.171 e. The van der Waals surface area contributed by atoms with Crippen molar-refractivity contribution in [2.24, 2.45) is 0 Å². The first kappa shape index (κ1) is 18.4. The Morgan fingerprint density at radius 3 is 2.60 bits per heavy atom. The normalized spacial score (nSPS) is 15.8. The molecule has 0 aliphatic heterocycles. The summed E-state index contributed by atoms with van der Waals surface area (Å²) in [7, 11) is 0. The number of halogens is 1. The zero-order valence-electron chi connectivity index (χ0n) is 14.6. The predicted octanol–water partition coefficient (Wildman–Crippen LogP) is 5.99. The van der Waals surface area contributed by atoms with E-state index < -0.39 is 0 Å². The zero-order valence-corrected chi connectivity index (χ0v) is 17.1. The molecule has 0 radical (unpaired) electrons. The van der Waals surface area contributed by atoms with Crippen molar-refractivity contribution < 1.29 is 0 Å². The topological polar surface area (TPSA) is 24.1 Å². The van der Waals surface area contributed by atoms with E-state index in [4.69, 9.17) is 12.2 Å². The van der Waals surface area contributed by atoms with Gasteiger partial charge in [-0.1, -0.05) is 64.7 Å². The largest absolute Gasteiger partial charge is 0.357 e. The van der Waals surface area contributed by atoms with Crippen LogP contribution >= 0.6 is 28.1 Å². The molecule has 0 spiro atoms. The van der Waals surface area contributed by atoms with Crippen molar-refractivity contribution in [3.63, 3.8) is 0 Å². The maximum atomic E-state index is 5.60. The molecule has 3 rings (SSSR count). The number of nitrogens with one attached hydrogen (secondary N) is 2. The molecule has 2 N–H and O–H groups in total. The third-order valence-corrected chi connectivity index (χ3v) is 5.69. The standard InChI is InChI=1S/C21H25BrN2S/c1-16-6-4-7-17(14-16)10-13-21(11-2-3-12-21)24-20(25)23-19-9-5-8-18(22)15-19/h4-9,14-15H,2-3,10-13H2,1H3,(H2,23,24,25).